The predicted octanol–water partition coefficient (Wildman–Crippen LogP) is 3.85. The third kappa shape index (κ3) is 3.44. The van der Waals surface area contributed by atoms with E-state index in [1.54, 1.807) is 31.2 Å². The normalized spacial score (nSPS) is 10.3. The monoisotopic (exact) mass is 205 g/mol. The highest BCUT2D eigenvalue weighted by atomic mass is 19.1. The van der Waals surface area contributed by atoms with Crippen LogP contribution in [0, 0.1) is 12.7 Å². The van der Waals surface area contributed by atoms with Gasteiger partial charge in [0.1, 0.15) is 5.82 Å². The van der Waals surface area contributed by atoms with E-state index >= 15 is 0 Å². The molecule has 0 unspecified atom stereocenters. The van der Waals surface area contributed by atoms with E-state index in [0.717, 1.165) is 0 Å². The molecule has 0 N–H and O–H groups in total. The molecule has 1 rings (SSSR count). The van der Waals surface area contributed by atoms with Crippen LogP contribution in [0.25, 0.3) is 16.5 Å². The Morgan fingerprint density at radius 3 is 3.07 bits per heavy atom. The van der Waals surface area contributed by atoms with Crippen LogP contribution in [0.4, 0.5) is 4.39 Å². The molecule has 0 bridgehead atoms. The van der Waals surface area contributed by atoms with Gasteiger partial charge in [-0.15, -0.1) is 0 Å². The van der Waals surface area contributed by atoms with Crippen molar-refractivity contribution in [3.05, 3.63) is 51.7 Å². The van der Waals surface area contributed by atoms with Gasteiger partial charge in [-0.3, -0.25) is 0 Å². The second kappa shape index (κ2) is 5.83. The maximum Gasteiger partial charge on any atom is 0.133 e. The Bertz CT molecular complexity index is 406. The first-order valence-electron chi connectivity index (χ1n) is 4.68. The highest BCUT2D eigenvalue weighted by Crippen LogP contribution is 2.13. The van der Waals surface area contributed by atoms with E-state index in [1.165, 1.54) is 0 Å². The van der Waals surface area contributed by atoms with E-state index in [4.69, 9.17) is 5.53 Å². The van der Waals surface area contributed by atoms with Crippen molar-refractivity contribution in [3.8, 4) is 0 Å². The third-order valence-electron chi connectivity index (χ3n) is 1.98. The van der Waals surface area contributed by atoms with Crippen molar-refractivity contribution in [2.45, 2.75) is 13.3 Å². The fraction of sp³-hybridized carbons (Fsp3) is 0.273. The number of hydrogen-bond donors (Lipinski definition) is 0. The number of benzene rings is 1. The summed E-state index contributed by atoms with van der Waals surface area (Å²) in [5, 5.41) is 3.38. The van der Waals surface area contributed by atoms with Gasteiger partial charge in [-0.25, -0.2) is 4.39 Å². The largest absolute Gasteiger partial charge is 0.206 e. The van der Waals surface area contributed by atoms with E-state index in [1.807, 2.05) is 6.07 Å². The van der Waals surface area contributed by atoms with Crippen molar-refractivity contribution >= 4 is 6.08 Å². The maximum absolute atomic E-state index is 13.4. The van der Waals surface area contributed by atoms with Gasteiger partial charge in [-0.2, -0.15) is 0 Å². The lowest BCUT2D eigenvalue weighted by molar-refractivity contribution is 0.616. The summed E-state index contributed by atoms with van der Waals surface area (Å²) in [5.74, 6) is -0.197. The summed E-state index contributed by atoms with van der Waals surface area (Å²) in [6, 6.07) is 5.25. The Kier molecular flexibility index (Phi) is 4.38. The van der Waals surface area contributed by atoms with E-state index < -0.39 is 0 Å². The highest BCUT2D eigenvalue weighted by molar-refractivity contribution is 5.51. The highest BCUT2D eigenvalue weighted by Gasteiger charge is 1.99. The molecule has 3 nitrogen and oxygen atoms in total. The van der Waals surface area contributed by atoms with Crippen molar-refractivity contribution in [1.82, 2.24) is 0 Å². The molecule has 0 radical (unpaired) electrons. The van der Waals surface area contributed by atoms with Crippen LogP contribution in [-0.4, -0.2) is 6.54 Å². The summed E-state index contributed by atoms with van der Waals surface area (Å²) in [7, 11) is 0. The predicted molar refractivity (Wildman–Crippen MR) is 58.8 cm³/mol. The molecule has 1 aromatic rings. The molecule has 0 saturated heterocycles. The van der Waals surface area contributed by atoms with Crippen molar-refractivity contribution < 1.29 is 4.39 Å². The average Bonchev–Trinajstić information content (AvgIpc) is 2.24. The first-order valence-corrected chi connectivity index (χ1v) is 4.68. The summed E-state index contributed by atoms with van der Waals surface area (Å²) in [6.45, 7) is 2.13. The molecule has 0 spiro atoms. The molecule has 0 fully saturated rings. The van der Waals surface area contributed by atoms with Crippen molar-refractivity contribution in [1.29, 1.82) is 0 Å². The second-order valence-corrected chi connectivity index (χ2v) is 3.12. The smallest absolute Gasteiger partial charge is 0.133 e. The number of nitrogens with zero attached hydrogens (tertiary/aromatic N) is 3. The lowest BCUT2D eigenvalue weighted by atomic mass is 10.1. The fourth-order valence-corrected chi connectivity index (χ4v) is 1.19. The average molecular weight is 205 g/mol. The van der Waals surface area contributed by atoms with Crippen LogP contribution in [-0.2, 0) is 0 Å². The van der Waals surface area contributed by atoms with Gasteiger partial charge in [0.2, 0.25) is 0 Å². The van der Waals surface area contributed by atoms with E-state index in [0.29, 0.717) is 24.1 Å². The third-order valence-corrected chi connectivity index (χ3v) is 1.98. The van der Waals surface area contributed by atoms with Gasteiger partial charge in [0.15, 0.2) is 0 Å². The van der Waals surface area contributed by atoms with Gasteiger partial charge in [-0.05, 0) is 24.4 Å². The lowest BCUT2D eigenvalue weighted by Crippen LogP contribution is -1.86. The van der Waals surface area contributed by atoms with Gasteiger partial charge >= 0.3 is 0 Å². The Morgan fingerprint density at radius 2 is 2.33 bits per heavy atom. The zero-order valence-electron chi connectivity index (χ0n) is 8.52. The quantitative estimate of drug-likeness (QED) is 0.310. The number of rotatable bonds is 4. The van der Waals surface area contributed by atoms with Crippen LogP contribution < -0.4 is 0 Å². The molecule has 15 heavy (non-hydrogen) atoms. The van der Waals surface area contributed by atoms with Gasteiger partial charge < -0.3 is 0 Å². The van der Waals surface area contributed by atoms with Crippen LogP contribution in [0.3, 0.4) is 0 Å². The Balaban J connectivity index is 2.64. The summed E-state index contributed by atoms with van der Waals surface area (Å²) in [6.07, 6.45) is 4.12. The molecule has 0 amide bonds. The van der Waals surface area contributed by atoms with Crippen LogP contribution >= 0.6 is 0 Å². The van der Waals surface area contributed by atoms with E-state index in [-0.39, 0.29) is 5.82 Å². The summed E-state index contributed by atoms with van der Waals surface area (Å²) in [4.78, 5) is 2.63. The van der Waals surface area contributed by atoms with E-state index in [2.05, 4.69) is 10.0 Å². The van der Waals surface area contributed by atoms with Gasteiger partial charge in [0.05, 0.1) is 0 Å². The number of aryl methyl sites for hydroxylation is 1. The SMILES string of the molecule is Cc1cccc(C=CCCN=[N+]=[N-])c1F. The van der Waals surface area contributed by atoms with Crippen LogP contribution in [0.1, 0.15) is 17.5 Å². The van der Waals surface area contributed by atoms with Crippen LogP contribution in [0.5, 0.6) is 0 Å². The van der Waals surface area contributed by atoms with Crippen molar-refractivity contribution in [2.24, 2.45) is 5.11 Å². The molecule has 0 aliphatic heterocycles. The molecule has 4 heteroatoms. The van der Waals surface area contributed by atoms with Gasteiger partial charge in [0, 0.05) is 17.0 Å². The number of hydrogen-bond acceptors (Lipinski definition) is 1. The maximum atomic E-state index is 13.4. The number of halogens is 1. The molecular formula is C11H12FN3. The first-order chi connectivity index (χ1) is 7.25. The summed E-state index contributed by atoms with van der Waals surface area (Å²) >= 11 is 0. The van der Waals surface area contributed by atoms with Crippen molar-refractivity contribution in [2.75, 3.05) is 6.54 Å². The van der Waals surface area contributed by atoms with Crippen LogP contribution in [0.15, 0.2) is 29.4 Å². The minimum absolute atomic E-state index is 0.197. The molecule has 0 saturated carbocycles. The molecule has 0 heterocycles. The Hall–Kier alpha value is -1.80. The molecule has 78 valence electrons. The zero-order valence-corrected chi connectivity index (χ0v) is 8.52. The van der Waals surface area contributed by atoms with Crippen LogP contribution in [0.2, 0.25) is 0 Å². The minimum Gasteiger partial charge on any atom is -0.206 e. The molecule has 1 aromatic carbocycles. The van der Waals surface area contributed by atoms with E-state index in [9.17, 15) is 4.39 Å². The molecule has 0 atom stereocenters. The first kappa shape index (κ1) is 11.3. The summed E-state index contributed by atoms with van der Waals surface area (Å²) < 4.78 is 13.4. The standard InChI is InChI=1S/C11H12FN3/c1-9-5-4-7-10(11(9)12)6-2-3-8-14-15-13/h2,4-7H,3,8H2,1H3. The second-order valence-electron chi connectivity index (χ2n) is 3.12. The van der Waals surface area contributed by atoms with Crippen molar-refractivity contribution in [3.63, 3.8) is 0 Å². The topological polar surface area (TPSA) is 48.8 Å². The molecular weight excluding hydrogens is 193 g/mol. The summed E-state index contributed by atoms with van der Waals surface area (Å²) in [5.41, 5.74) is 9.23. The zero-order chi connectivity index (χ0) is 11.1. The van der Waals surface area contributed by atoms with Gasteiger partial charge in [-0.1, -0.05) is 35.5 Å². The Labute approximate surface area is 87.9 Å². The lowest BCUT2D eigenvalue weighted by Gasteiger charge is -1.99. The fourth-order valence-electron chi connectivity index (χ4n) is 1.19. The molecule has 0 aromatic heterocycles. The molecule has 0 aliphatic carbocycles. The molecule has 0 aliphatic rings. The minimum atomic E-state index is -0.197. The Morgan fingerprint density at radius 1 is 1.53 bits per heavy atom. The van der Waals surface area contributed by atoms with Gasteiger partial charge in [0.25, 0.3) is 0 Å². The number of azide groups is 1.